The van der Waals surface area contributed by atoms with Gasteiger partial charge in [-0.05, 0) is 26.7 Å². The Hall–Kier alpha value is -0.0600. The van der Waals surface area contributed by atoms with Crippen LogP contribution in [-0.4, -0.2) is 27.8 Å². The van der Waals surface area contributed by atoms with Crippen molar-refractivity contribution >= 4 is 27.5 Å². The van der Waals surface area contributed by atoms with Gasteiger partial charge >= 0.3 is 0 Å². The van der Waals surface area contributed by atoms with Crippen molar-refractivity contribution in [3.63, 3.8) is 0 Å². The lowest BCUT2D eigenvalue weighted by Gasteiger charge is -2.30. The van der Waals surface area contributed by atoms with Crippen molar-refractivity contribution < 1.29 is 4.74 Å². The molecule has 2 heterocycles. The third-order valence-electron chi connectivity index (χ3n) is 3.90. The largest absolute Gasteiger partial charge is 0.378 e. The molecule has 2 atom stereocenters. The van der Waals surface area contributed by atoms with E-state index in [1.807, 2.05) is 14.0 Å². The average molecular weight is 322 g/mol. The number of hydrogen-bond donors (Lipinski definition) is 0. The number of aryl methyl sites for hydroxylation is 2. The summed E-state index contributed by atoms with van der Waals surface area (Å²) in [6.07, 6.45) is 2.26. The zero-order valence-corrected chi connectivity index (χ0v) is 12.8. The van der Waals surface area contributed by atoms with Crippen molar-refractivity contribution in [1.29, 1.82) is 0 Å². The van der Waals surface area contributed by atoms with Crippen molar-refractivity contribution in [2.75, 3.05) is 11.9 Å². The Labute approximate surface area is 116 Å². The van der Waals surface area contributed by atoms with Gasteiger partial charge in [-0.3, -0.25) is 4.68 Å². The number of ether oxygens (including phenoxy) is 1. The first-order chi connectivity index (χ1) is 8.00. The van der Waals surface area contributed by atoms with Crippen LogP contribution in [0.3, 0.4) is 0 Å². The number of hydrogen-bond acceptors (Lipinski definition) is 2. The highest BCUT2D eigenvalue weighted by Crippen LogP contribution is 2.41. The molecule has 1 fully saturated rings. The highest BCUT2D eigenvalue weighted by molar-refractivity contribution is 9.09. The van der Waals surface area contributed by atoms with Crippen LogP contribution in [0.5, 0.6) is 0 Å². The molecule has 2 rings (SSSR count). The first kappa shape index (κ1) is 13.4. The molecule has 0 N–H and O–H groups in total. The molecule has 0 saturated carbocycles. The lowest BCUT2D eigenvalue weighted by molar-refractivity contribution is 0.0746. The number of nitrogens with zero attached hydrogens (tertiary/aromatic N) is 2. The van der Waals surface area contributed by atoms with Crippen LogP contribution in [0.25, 0.3) is 0 Å². The fraction of sp³-hybridized carbons (Fsp3) is 0.750. The third kappa shape index (κ3) is 2.27. The second-order valence-corrected chi connectivity index (χ2v) is 5.83. The molecule has 2 unspecified atom stereocenters. The van der Waals surface area contributed by atoms with Crippen molar-refractivity contribution in [1.82, 2.24) is 9.78 Å². The first-order valence-corrected chi connectivity index (χ1v) is 7.35. The molecule has 0 amide bonds. The Morgan fingerprint density at radius 3 is 2.76 bits per heavy atom. The van der Waals surface area contributed by atoms with Gasteiger partial charge in [0.25, 0.3) is 0 Å². The predicted molar refractivity (Wildman–Crippen MR) is 72.9 cm³/mol. The van der Waals surface area contributed by atoms with Crippen molar-refractivity contribution in [3.05, 3.63) is 16.4 Å². The molecule has 1 aliphatic heterocycles. The standard InChI is InChI=1S/C12H18BrClN2O/c1-8-10(11(14)16(3)15-8)6-12(7-13)4-5-17-9(12)2/h9H,4-7H2,1-3H3. The van der Waals surface area contributed by atoms with Crippen LogP contribution in [-0.2, 0) is 18.2 Å². The number of halogens is 2. The van der Waals surface area contributed by atoms with Gasteiger partial charge in [-0.2, -0.15) is 5.10 Å². The maximum absolute atomic E-state index is 6.30. The molecule has 0 aliphatic carbocycles. The Kier molecular flexibility index (Phi) is 3.86. The van der Waals surface area contributed by atoms with E-state index < -0.39 is 0 Å². The Morgan fingerprint density at radius 1 is 1.65 bits per heavy atom. The lowest BCUT2D eigenvalue weighted by Crippen LogP contribution is -2.33. The minimum absolute atomic E-state index is 0.150. The van der Waals surface area contributed by atoms with Gasteiger partial charge in [0, 0.05) is 30.0 Å². The van der Waals surface area contributed by atoms with E-state index in [2.05, 4.69) is 28.0 Å². The van der Waals surface area contributed by atoms with Crippen LogP contribution in [0.2, 0.25) is 5.15 Å². The fourth-order valence-electron chi connectivity index (χ4n) is 2.50. The fourth-order valence-corrected chi connectivity index (χ4v) is 3.68. The quantitative estimate of drug-likeness (QED) is 0.800. The van der Waals surface area contributed by atoms with Gasteiger partial charge in [0.05, 0.1) is 11.8 Å². The second kappa shape index (κ2) is 4.90. The van der Waals surface area contributed by atoms with E-state index in [4.69, 9.17) is 16.3 Å². The van der Waals surface area contributed by atoms with E-state index in [9.17, 15) is 0 Å². The van der Waals surface area contributed by atoms with Gasteiger partial charge in [0.2, 0.25) is 0 Å². The second-order valence-electron chi connectivity index (χ2n) is 4.91. The van der Waals surface area contributed by atoms with Crippen molar-refractivity contribution in [2.24, 2.45) is 12.5 Å². The molecule has 0 aromatic carbocycles. The molecule has 96 valence electrons. The minimum Gasteiger partial charge on any atom is -0.378 e. The first-order valence-electron chi connectivity index (χ1n) is 5.86. The summed E-state index contributed by atoms with van der Waals surface area (Å²) in [6, 6.07) is 0. The molecule has 3 nitrogen and oxygen atoms in total. The third-order valence-corrected chi connectivity index (χ3v) is 5.48. The van der Waals surface area contributed by atoms with Gasteiger partial charge in [0.15, 0.2) is 0 Å². The highest BCUT2D eigenvalue weighted by atomic mass is 79.9. The normalized spacial score (nSPS) is 28.9. The summed E-state index contributed by atoms with van der Waals surface area (Å²) in [4.78, 5) is 0. The van der Waals surface area contributed by atoms with Crippen molar-refractivity contribution in [2.45, 2.75) is 32.8 Å². The summed E-state index contributed by atoms with van der Waals surface area (Å²) < 4.78 is 7.46. The van der Waals surface area contributed by atoms with Crippen LogP contribution < -0.4 is 0 Å². The van der Waals surface area contributed by atoms with E-state index in [0.29, 0.717) is 0 Å². The van der Waals surface area contributed by atoms with Crippen LogP contribution >= 0.6 is 27.5 Å². The van der Waals surface area contributed by atoms with Crippen LogP contribution in [0.1, 0.15) is 24.6 Å². The molecule has 5 heteroatoms. The molecular formula is C12H18BrClN2O. The number of rotatable bonds is 3. The van der Waals surface area contributed by atoms with Crippen molar-refractivity contribution in [3.8, 4) is 0 Å². The summed E-state index contributed by atoms with van der Waals surface area (Å²) >= 11 is 9.94. The van der Waals surface area contributed by atoms with Gasteiger partial charge < -0.3 is 4.74 Å². The number of aromatic nitrogens is 2. The molecule has 0 spiro atoms. The van der Waals surface area contributed by atoms with E-state index >= 15 is 0 Å². The van der Waals surface area contributed by atoms with Gasteiger partial charge in [-0.1, -0.05) is 27.5 Å². The maximum Gasteiger partial charge on any atom is 0.130 e. The van der Waals surface area contributed by atoms with Gasteiger partial charge in [0.1, 0.15) is 5.15 Å². The summed E-state index contributed by atoms with van der Waals surface area (Å²) in [7, 11) is 1.88. The zero-order chi connectivity index (χ0) is 12.6. The van der Waals surface area contributed by atoms with Gasteiger partial charge in [-0.25, -0.2) is 0 Å². The van der Waals surface area contributed by atoms with E-state index in [1.165, 1.54) is 0 Å². The lowest BCUT2D eigenvalue weighted by atomic mass is 9.78. The highest BCUT2D eigenvalue weighted by Gasteiger charge is 2.41. The summed E-state index contributed by atoms with van der Waals surface area (Å²) in [6.45, 7) is 5.00. The average Bonchev–Trinajstić information content (AvgIpc) is 2.76. The van der Waals surface area contributed by atoms with Gasteiger partial charge in [-0.15, -0.1) is 0 Å². The van der Waals surface area contributed by atoms with E-state index in [-0.39, 0.29) is 11.5 Å². The SMILES string of the molecule is Cc1nn(C)c(Cl)c1CC1(CBr)CCOC1C. The summed E-state index contributed by atoms with van der Waals surface area (Å²) in [5, 5.41) is 6.06. The molecule has 1 aromatic rings. The molecule has 1 aliphatic rings. The van der Waals surface area contributed by atoms with E-state index in [0.717, 1.165) is 41.2 Å². The number of alkyl halides is 1. The Balaban J connectivity index is 2.30. The Morgan fingerprint density at radius 2 is 2.35 bits per heavy atom. The topological polar surface area (TPSA) is 27.1 Å². The summed E-state index contributed by atoms with van der Waals surface area (Å²) in [5.74, 6) is 0. The molecular weight excluding hydrogens is 304 g/mol. The summed E-state index contributed by atoms with van der Waals surface area (Å²) in [5.41, 5.74) is 2.33. The monoisotopic (exact) mass is 320 g/mol. The van der Waals surface area contributed by atoms with E-state index in [1.54, 1.807) is 4.68 Å². The maximum atomic E-state index is 6.30. The zero-order valence-electron chi connectivity index (χ0n) is 10.5. The Bertz CT molecular complexity index is 421. The molecule has 17 heavy (non-hydrogen) atoms. The molecule has 1 saturated heterocycles. The smallest absolute Gasteiger partial charge is 0.130 e. The van der Waals surface area contributed by atoms with Crippen LogP contribution in [0.4, 0.5) is 0 Å². The molecule has 0 radical (unpaired) electrons. The van der Waals surface area contributed by atoms with Crippen LogP contribution in [0.15, 0.2) is 0 Å². The van der Waals surface area contributed by atoms with Crippen LogP contribution in [0, 0.1) is 12.3 Å². The minimum atomic E-state index is 0.150. The predicted octanol–water partition coefficient (Wildman–Crippen LogP) is 3.11. The molecule has 0 bridgehead atoms. The molecule has 1 aromatic heterocycles.